The number of methoxy groups -OCH3 is 1. The molecule has 0 radical (unpaired) electrons. The number of hydrogen-bond donors (Lipinski definition) is 0. The van der Waals surface area contributed by atoms with Gasteiger partial charge in [0.05, 0.1) is 33.4 Å². The Morgan fingerprint density at radius 2 is 1.80 bits per heavy atom. The van der Waals surface area contributed by atoms with Crippen LogP contribution in [0.2, 0.25) is 0 Å². The molecule has 0 aliphatic carbocycles. The normalized spacial score (nSPS) is 15.1. The first kappa shape index (κ1) is 28.7. The van der Waals surface area contributed by atoms with E-state index in [9.17, 15) is 9.59 Å². The lowest BCUT2D eigenvalue weighted by molar-refractivity contribution is -0.121. The predicted octanol–water partition coefficient (Wildman–Crippen LogP) is 7.44. The number of esters is 1. The van der Waals surface area contributed by atoms with Gasteiger partial charge >= 0.3 is 5.97 Å². The number of fused-ring (bicyclic) bond motifs is 1. The van der Waals surface area contributed by atoms with Crippen molar-refractivity contribution in [1.29, 1.82) is 0 Å². The zero-order valence-corrected chi connectivity index (χ0v) is 25.7. The summed E-state index contributed by atoms with van der Waals surface area (Å²) in [6.45, 7) is 2.47. The van der Waals surface area contributed by atoms with Crippen LogP contribution in [0, 0.1) is 3.57 Å². The van der Waals surface area contributed by atoms with E-state index in [0.717, 1.165) is 25.5 Å². The van der Waals surface area contributed by atoms with E-state index in [2.05, 4.69) is 51.8 Å². The van der Waals surface area contributed by atoms with Gasteiger partial charge in [0.25, 0.3) is 5.91 Å². The molecule has 4 aromatic carbocycles. The van der Waals surface area contributed by atoms with E-state index >= 15 is 0 Å². The number of hydrogen-bond acceptors (Lipinski definition) is 7. The number of halogens is 1. The maximum Gasteiger partial charge on any atom is 0.338 e. The smallest absolute Gasteiger partial charge is 0.338 e. The molecule has 0 bridgehead atoms. The minimum absolute atomic E-state index is 0.151. The molecule has 0 saturated carbocycles. The number of nitrogens with zero attached hydrogens (tertiary/aromatic N) is 2. The summed E-state index contributed by atoms with van der Waals surface area (Å²) in [7, 11) is 3.30. The van der Waals surface area contributed by atoms with Crippen LogP contribution in [0.25, 0.3) is 16.8 Å². The highest BCUT2D eigenvalue weighted by Gasteiger charge is 2.30. The summed E-state index contributed by atoms with van der Waals surface area (Å²) in [6, 6.07) is 25.0. The summed E-state index contributed by atoms with van der Waals surface area (Å²) in [4.78, 5) is 31.6. The van der Waals surface area contributed by atoms with Gasteiger partial charge in [-0.1, -0.05) is 42.5 Å². The van der Waals surface area contributed by atoms with Gasteiger partial charge in [0.1, 0.15) is 6.61 Å². The van der Waals surface area contributed by atoms with Crippen molar-refractivity contribution >= 4 is 73.9 Å². The van der Waals surface area contributed by atoms with Crippen molar-refractivity contribution < 1.29 is 23.8 Å². The van der Waals surface area contributed by atoms with Crippen molar-refractivity contribution in [2.45, 2.75) is 13.5 Å². The van der Waals surface area contributed by atoms with Gasteiger partial charge in [-0.3, -0.25) is 9.69 Å². The Bertz CT molecular complexity index is 1680. The molecule has 41 heavy (non-hydrogen) atoms. The number of amides is 1. The molecule has 1 aliphatic heterocycles. The summed E-state index contributed by atoms with van der Waals surface area (Å²) in [5, 5.41) is 2.86. The second-order valence-corrected chi connectivity index (χ2v) is 11.3. The Labute approximate surface area is 256 Å². The zero-order valence-electron chi connectivity index (χ0n) is 22.7. The van der Waals surface area contributed by atoms with Crippen LogP contribution >= 0.6 is 34.4 Å². The van der Waals surface area contributed by atoms with Gasteiger partial charge in [-0.15, -0.1) is 0 Å². The number of rotatable bonds is 8. The van der Waals surface area contributed by atoms with Crippen molar-refractivity contribution in [3.8, 4) is 11.5 Å². The maximum atomic E-state index is 13.0. The van der Waals surface area contributed by atoms with Crippen molar-refractivity contribution in [3.05, 3.63) is 104 Å². The van der Waals surface area contributed by atoms with Gasteiger partial charge in [-0.25, -0.2) is 9.79 Å². The van der Waals surface area contributed by atoms with E-state index in [-0.39, 0.29) is 11.9 Å². The fourth-order valence-electron chi connectivity index (χ4n) is 4.33. The molecule has 9 heteroatoms. The number of thioether (sulfide) groups is 1. The van der Waals surface area contributed by atoms with Crippen LogP contribution in [0.5, 0.6) is 11.5 Å². The van der Waals surface area contributed by atoms with Crippen molar-refractivity contribution in [1.82, 2.24) is 4.90 Å². The highest BCUT2D eigenvalue weighted by molar-refractivity contribution is 14.1. The van der Waals surface area contributed by atoms with Crippen LogP contribution < -0.4 is 9.47 Å². The topological polar surface area (TPSA) is 77.4 Å². The number of aliphatic imine (C=N–C) groups is 1. The van der Waals surface area contributed by atoms with Crippen LogP contribution in [0.3, 0.4) is 0 Å². The van der Waals surface area contributed by atoms with Gasteiger partial charge in [-0.05, 0) is 106 Å². The molecule has 5 rings (SSSR count). The molecule has 0 N–H and O–H groups in total. The summed E-state index contributed by atoms with van der Waals surface area (Å²) < 4.78 is 17.8. The van der Waals surface area contributed by atoms with E-state index in [1.807, 2.05) is 36.4 Å². The molecular weight excluding hydrogens is 651 g/mol. The molecular formula is C32H27IN2O5S. The summed E-state index contributed by atoms with van der Waals surface area (Å²) in [6.07, 6.45) is 1.83. The third kappa shape index (κ3) is 6.41. The standard InChI is InChI=1S/C32H27IN2O5S/c1-4-39-31(37)22-12-14-24(15-13-22)34-32-35(2)30(36)28(41-32)18-20-16-26(33)29(27(17-20)38-3)40-19-23-10-7-9-21-8-5-6-11-25(21)23/h5-18H,4,19H2,1-3H3. The van der Waals surface area contributed by atoms with Gasteiger partial charge in [-0.2, -0.15) is 0 Å². The molecule has 7 nitrogen and oxygen atoms in total. The van der Waals surface area contributed by atoms with Gasteiger partial charge in [0.15, 0.2) is 16.7 Å². The highest BCUT2D eigenvalue weighted by Crippen LogP contribution is 2.38. The van der Waals surface area contributed by atoms with Crippen LogP contribution in [0.4, 0.5) is 5.69 Å². The molecule has 0 aromatic heterocycles. The van der Waals surface area contributed by atoms with Crippen molar-refractivity contribution in [2.24, 2.45) is 4.99 Å². The first-order valence-corrected chi connectivity index (χ1v) is 14.8. The second kappa shape index (κ2) is 12.8. The van der Waals surface area contributed by atoms with Crippen LogP contribution in [-0.4, -0.2) is 42.7 Å². The molecule has 0 atom stereocenters. The zero-order chi connectivity index (χ0) is 28.9. The first-order valence-electron chi connectivity index (χ1n) is 12.9. The number of carbonyl (C=O) groups is 2. The van der Waals surface area contributed by atoms with Gasteiger partial charge in [0, 0.05) is 7.05 Å². The van der Waals surface area contributed by atoms with Crippen molar-refractivity contribution in [2.75, 3.05) is 20.8 Å². The lowest BCUT2D eigenvalue weighted by Crippen LogP contribution is -2.23. The van der Waals surface area contributed by atoms with Crippen molar-refractivity contribution in [3.63, 3.8) is 0 Å². The second-order valence-electron chi connectivity index (χ2n) is 9.10. The summed E-state index contributed by atoms with van der Waals surface area (Å²) >= 11 is 3.52. The molecule has 0 unspecified atom stereocenters. The first-order chi connectivity index (χ1) is 19.9. The van der Waals surface area contributed by atoms with Crippen LogP contribution in [-0.2, 0) is 16.1 Å². The molecule has 1 amide bonds. The Morgan fingerprint density at radius 3 is 2.56 bits per heavy atom. The minimum Gasteiger partial charge on any atom is -0.493 e. The average molecular weight is 679 g/mol. The molecule has 1 aliphatic rings. The van der Waals surface area contributed by atoms with E-state index in [4.69, 9.17) is 14.2 Å². The van der Waals surface area contributed by atoms with Gasteiger partial charge < -0.3 is 14.2 Å². The van der Waals surface area contributed by atoms with E-state index in [0.29, 0.717) is 46.0 Å². The maximum absolute atomic E-state index is 13.0. The van der Waals surface area contributed by atoms with Gasteiger partial charge in [0.2, 0.25) is 0 Å². The molecule has 0 spiro atoms. The largest absolute Gasteiger partial charge is 0.493 e. The number of likely N-dealkylation sites (N-methyl/N-ethyl adjacent to an activating group) is 1. The SMILES string of the molecule is CCOC(=O)c1ccc(N=C2SC(=Cc3cc(I)c(OCc4cccc5ccccc45)c(OC)c3)C(=O)N2C)cc1. The Hall–Kier alpha value is -3.83. The number of benzene rings is 4. The highest BCUT2D eigenvalue weighted by atomic mass is 127. The van der Waals surface area contributed by atoms with Crippen LogP contribution in [0.1, 0.15) is 28.4 Å². The number of carbonyl (C=O) groups excluding carboxylic acids is 2. The van der Waals surface area contributed by atoms with E-state index < -0.39 is 0 Å². The number of ether oxygens (including phenoxy) is 3. The van der Waals surface area contributed by atoms with E-state index in [1.54, 1.807) is 45.3 Å². The monoisotopic (exact) mass is 678 g/mol. The fourth-order valence-corrected chi connectivity index (χ4v) is 6.10. The molecule has 208 valence electrons. The quantitative estimate of drug-likeness (QED) is 0.110. The fraction of sp³-hybridized carbons (Fsp3) is 0.156. The molecule has 1 fully saturated rings. The Kier molecular flexibility index (Phi) is 8.94. The van der Waals surface area contributed by atoms with E-state index in [1.165, 1.54) is 16.7 Å². The average Bonchev–Trinajstić information content (AvgIpc) is 3.24. The molecule has 4 aromatic rings. The Morgan fingerprint density at radius 1 is 1.05 bits per heavy atom. The lowest BCUT2D eigenvalue weighted by Gasteiger charge is -2.15. The number of amidine groups is 1. The summed E-state index contributed by atoms with van der Waals surface area (Å²) in [5.74, 6) is 0.708. The summed E-state index contributed by atoms with van der Waals surface area (Å²) in [5.41, 5.74) is 2.98. The third-order valence-electron chi connectivity index (χ3n) is 6.41. The van der Waals surface area contributed by atoms with Crippen LogP contribution in [0.15, 0.2) is 88.8 Å². The predicted molar refractivity (Wildman–Crippen MR) is 172 cm³/mol. The minimum atomic E-state index is -0.380. The molecule has 1 heterocycles. The lowest BCUT2D eigenvalue weighted by atomic mass is 10.1. The third-order valence-corrected chi connectivity index (χ3v) is 8.27. The Balaban J connectivity index is 1.35. The molecule has 1 saturated heterocycles.